The third-order valence-electron chi connectivity index (χ3n) is 4.05. The minimum atomic E-state index is -0.551. The minimum Gasteiger partial charge on any atom is -0.484 e. The van der Waals surface area contributed by atoms with Gasteiger partial charge in [0.2, 0.25) is 5.91 Å². The van der Waals surface area contributed by atoms with Crippen LogP contribution in [-0.2, 0) is 16.0 Å². The number of anilines is 1. The van der Waals surface area contributed by atoms with E-state index in [1.54, 1.807) is 0 Å². The number of carbonyl (C=O) groups excluding carboxylic acids is 2. The zero-order valence-electron chi connectivity index (χ0n) is 16.1. The van der Waals surface area contributed by atoms with Crippen LogP contribution in [0, 0.1) is 5.82 Å². The molecule has 0 fully saturated rings. The van der Waals surface area contributed by atoms with Crippen molar-refractivity contribution in [3.05, 3.63) is 64.2 Å². The van der Waals surface area contributed by atoms with Crippen molar-refractivity contribution in [2.75, 3.05) is 18.5 Å². The Morgan fingerprint density at radius 2 is 1.97 bits per heavy atom. The average molecular weight is 448 g/mol. The Bertz CT molecular complexity index is 1040. The van der Waals surface area contributed by atoms with Crippen molar-refractivity contribution < 1.29 is 18.7 Å². The molecule has 0 aliphatic rings. The Labute approximate surface area is 182 Å². The van der Waals surface area contributed by atoms with E-state index in [9.17, 15) is 14.0 Å². The van der Waals surface area contributed by atoms with E-state index >= 15 is 0 Å². The lowest BCUT2D eigenvalue weighted by Crippen LogP contribution is -2.22. The molecule has 0 aliphatic heterocycles. The van der Waals surface area contributed by atoms with E-state index in [0.29, 0.717) is 17.4 Å². The first-order chi connectivity index (χ1) is 14.4. The van der Waals surface area contributed by atoms with Crippen LogP contribution in [0.15, 0.2) is 47.8 Å². The minimum absolute atomic E-state index is 0.0458. The molecule has 6 nitrogen and oxygen atoms in total. The van der Waals surface area contributed by atoms with Gasteiger partial charge in [0.15, 0.2) is 11.7 Å². The van der Waals surface area contributed by atoms with Crippen LogP contribution in [0.5, 0.6) is 5.75 Å². The molecular formula is C21H19ClFN3O3S. The number of thiazole rings is 1. The number of rotatable bonds is 8. The Balaban J connectivity index is 1.52. The molecule has 0 saturated heterocycles. The molecule has 0 saturated carbocycles. The zero-order valence-corrected chi connectivity index (χ0v) is 17.6. The number of amides is 2. The van der Waals surface area contributed by atoms with Gasteiger partial charge in [-0.05, 0) is 24.1 Å². The molecule has 2 amide bonds. The van der Waals surface area contributed by atoms with Crippen LogP contribution in [0.1, 0.15) is 12.5 Å². The molecule has 3 aromatic rings. The van der Waals surface area contributed by atoms with Crippen molar-refractivity contribution in [3.8, 4) is 17.0 Å². The van der Waals surface area contributed by atoms with E-state index in [-0.39, 0.29) is 23.4 Å². The van der Waals surface area contributed by atoms with E-state index in [1.807, 2.05) is 29.6 Å². The van der Waals surface area contributed by atoms with Gasteiger partial charge in [-0.2, -0.15) is 0 Å². The van der Waals surface area contributed by atoms with Crippen LogP contribution in [0.4, 0.5) is 9.52 Å². The van der Waals surface area contributed by atoms with Gasteiger partial charge in [-0.3, -0.25) is 14.9 Å². The third-order valence-corrected chi connectivity index (χ3v) is 5.10. The molecule has 9 heteroatoms. The smallest absolute Gasteiger partial charge is 0.264 e. The van der Waals surface area contributed by atoms with Gasteiger partial charge in [-0.15, -0.1) is 11.3 Å². The topological polar surface area (TPSA) is 80.3 Å². The summed E-state index contributed by atoms with van der Waals surface area (Å²) in [4.78, 5) is 27.4. The molecule has 0 spiro atoms. The van der Waals surface area contributed by atoms with Gasteiger partial charge in [0.1, 0.15) is 11.6 Å². The van der Waals surface area contributed by atoms with Crippen LogP contribution >= 0.6 is 22.9 Å². The highest BCUT2D eigenvalue weighted by molar-refractivity contribution is 7.14. The first kappa shape index (κ1) is 21.7. The van der Waals surface area contributed by atoms with Gasteiger partial charge in [-0.25, -0.2) is 9.37 Å². The second-order valence-corrected chi connectivity index (χ2v) is 7.65. The summed E-state index contributed by atoms with van der Waals surface area (Å²) in [5, 5.41) is 7.67. The normalized spacial score (nSPS) is 10.5. The zero-order chi connectivity index (χ0) is 21.5. The number of aromatic nitrogens is 1. The summed E-state index contributed by atoms with van der Waals surface area (Å²) < 4.78 is 18.5. The highest BCUT2D eigenvalue weighted by Crippen LogP contribution is 2.25. The summed E-state index contributed by atoms with van der Waals surface area (Å²) in [7, 11) is 0. The summed E-state index contributed by atoms with van der Waals surface area (Å²) in [6.07, 6.45) is 0.748. The van der Waals surface area contributed by atoms with Crippen LogP contribution in [-0.4, -0.2) is 29.9 Å². The van der Waals surface area contributed by atoms with E-state index in [4.69, 9.17) is 16.3 Å². The maximum Gasteiger partial charge on any atom is 0.264 e. The Morgan fingerprint density at radius 3 is 2.67 bits per heavy atom. The van der Waals surface area contributed by atoms with Gasteiger partial charge >= 0.3 is 0 Å². The summed E-state index contributed by atoms with van der Waals surface area (Å²) in [6, 6.07) is 11.7. The Morgan fingerprint density at radius 1 is 1.20 bits per heavy atom. The molecule has 0 radical (unpaired) electrons. The van der Waals surface area contributed by atoms with E-state index in [0.717, 1.165) is 23.2 Å². The number of halogens is 2. The fraction of sp³-hybridized carbons (Fsp3) is 0.190. The molecule has 0 bridgehead atoms. The van der Waals surface area contributed by atoms with Crippen LogP contribution < -0.4 is 15.4 Å². The summed E-state index contributed by atoms with van der Waals surface area (Å²) in [6.45, 7) is 1.83. The fourth-order valence-electron chi connectivity index (χ4n) is 2.56. The highest BCUT2D eigenvalue weighted by atomic mass is 35.5. The SMILES string of the molecule is CC(=O)NCCc1ccc(-c2csc(NC(=O)COc3ccc(F)c(Cl)c3)n2)cc1. The molecule has 1 heterocycles. The molecule has 0 atom stereocenters. The largest absolute Gasteiger partial charge is 0.484 e. The Hall–Kier alpha value is -2.97. The van der Waals surface area contributed by atoms with Crippen molar-refractivity contribution in [2.24, 2.45) is 0 Å². The molecule has 1 aromatic heterocycles. The first-order valence-corrected chi connectivity index (χ1v) is 10.3. The number of nitrogens with one attached hydrogen (secondary N) is 2. The van der Waals surface area contributed by atoms with Gasteiger partial charge in [0.25, 0.3) is 5.91 Å². The lowest BCUT2D eigenvalue weighted by Gasteiger charge is -2.06. The van der Waals surface area contributed by atoms with Crippen LogP contribution in [0.25, 0.3) is 11.3 Å². The van der Waals surface area contributed by atoms with Gasteiger partial charge in [0.05, 0.1) is 10.7 Å². The molecule has 156 valence electrons. The lowest BCUT2D eigenvalue weighted by atomic mass is 10.1. The first-order valence-electron chi connectivity index (χ1n) is 9.07. The molecule has 2 N–H and O–H groups in total. The van der Waals surface area contributed by atoms with Crippen LogP contribution in [0.2, 0.25) is 5.02 Å². The molecule has 0 unspecified atom stereocenters. The molecule has 2 aromatic carbocycles. The summed E-state index contributed by atoms with van der Waals surface area (Å²) in [5.41, 5.74) is 2.77. The van der Waals surface area contributed by atoms with E-state index < -0.39 is 5.82 Å². The Kier molecular flexibility index (Phi) is 7.37. The maximum atomic E-state index is 13.1. The van der Waals surface area contributed by atoms with Gasteiger partial charge in [0, 0.05) is 30.5 Å². The number of nitrogens with zero attached hydrogens (tertiary/aromatic N) is 1. The van der Waals surface area contributed by atoms with Crippen molar-refractivity contribution in [1.29, 1.82) is 0 Å². The highest BCUT2D eigenvalue weighted by Gasteiger charge is 2.10. The van der Waals surface area contributed by atoms with Gasteiger partial charge < -0.3 is 10.1 Å². The van der Waals surface area contributed by atoms with Crippen molar-refractivity contribution >= 4 is 39.9 Å². The monoisotopic (exact) mass is 447 g/mol. The fourth-order valence-corrected chi connectivity index (χ4v) is 3.47. The third kappa shape index (κ3) is 6.27. The lowest BCUT2D eigenvalue weighted by molar-refractivity contribution is -0.119. The standard InChI is InChI=1S/C21H19ClFN3O3S/c1-13(27)24-9-8-14-2-4-15(5-3-14)19-12-30-21(25-19)26-20(28)11-29-16-6-7-18(23)17(22)10-16/h2-7,10,12H,8-9,11H2,1H3,(H,24,27)(H,25,26,28). The second-order valence-electron chi connectivity index (χ2n) is 6.38. The predicted molar refractivity (Wildman–Crippen MR) is 115 cm³/mol. The molecule has 30 heavy (non-hydrogen) atoms. The second kappa shape index (κ2) is 10.2. The number of ether oxygens (including phenoxy) is 1. The van der Waals surface area contributed by atoms with Crippen molar-refractivity contribution in [2.45, 2.75) is 13.3 Å². The van der Waals surface area contributed by atoms with Crippen LogP contribution in [0.3, 0.4) is 0 Å². The number of carbonyl (C=O) groups is 2. The van der Waals surface area contributed by atoms with Crippen molar-refractivity contribution in [3.63, 3.8) is 0 Å². The number of hydrogen-bond donors (Lipinski definition) is 2. The maximum absolute atomic E-state index is 13.1. The van der Waals surface area contributed by atoms with E-state index in [2.05, 4.69) is 15.6 Å². The number of benzene rings is 2. The van der Waals surface area contributed by atoms with Gasteiger partial charge in [-0.1, -0.05) is 35.9 Å². The summed E-state index contributed by atoms with van der Waals surface area (Å²) in [5.74, 6) is -0.681. The predicted octanol–water partition coefficient (Wildman–Crippen LogP) is 4.30. The van der Waals surface area contributed by atoms with E-state index in [1.165, 1.54) is 36.5 Å². The molecule has 3 rings (SSSR count). The number of hydrogen-bond acceptors (Lipinski definition) is 5. The molecular weight excluding hydrogens is 429 g/mol. The average Bonchev–Trinajstić information content (AvgIpc) is 3.17. The molecule has 0 aliphatic carbocycles. The quantitative estimate of drug-likeness (QED) is 0.539. The summed E-state index contributed by atoms with van der Waals surface area (Å²) >= 11 is 6.99. The van der Waals surface area contributed by atoms with Crippen molar-refractivity contribution in [1.82, 2.24) is 10.3 Å².